The van der Waals surface area contributed by atoms with Gasteiger partial charge in [-0.25, -0.2) is 14.2 Å². The van der Waals surface area contributed by atoms with Crippen LogP contribution in [-0.4, -0.2) is 16.1 Å². The minimum Gasteiger partial charge on any atom is -0.477 e. The molecule has 0 aliphatic heterocycles. The van der Waals surface area contributed by atoms with Crippen LogP contribution in [0.15, 0.2) is 24.3 Å². The molecule has 0 aliphatic rings. The highest BCUT2D eigenvalue weighted by Gasteiger charge is 2.16. The number of aryl methyl sites for hydroxylation is 1. The first-order chi connectivity index (χ1) is 7.58. The van der Waals surface area contributed by atoms with Crippen molar-refractivity contribution in [2.45, 2.75) is 6.92 Å². The maximum Gasteiger partial charge on any atom is 0.348 e. The van der Waals surface area contributed by atoms with Gasteiger partial charge in [-0.15, -0.1) is 11.3 Å². The van der Waals surface area contributed by atoms with Crippen LogP contribution in [0.3, 0.4) is 0 Å². The van der Waals surface area contributed by atoms with Crippen molar-refractivity contribution in [1.82, 2.24) is 4.98 Å². The Labute approximate surface area is 95.2 Å². The molecule has 0 unspecified atom stereocenters. The molecule has 0 atom stereocenters. The number of rotatable bonds is 2. The van der Waals surface area contributed by atoms with Gasteiger partial charge in [0.1, 0.15) is 10.7 Å². The van der Waals surface area contributed by atoms with Crippen molar-refractivity contribution in [2.75, 3.05) is 0 Å². The van der Waals surface area contributed by atoms with Gasteiger partial charge in [-0.2, -0.15) is 0 Å². The van der Waals surface area contributed by atoms with Gasteiger partial charge in [0.25, 0.3) is 0 Å². The van der Waals surface area contributed by atoms with Gasteiger partial charge in [0.15, 0.2) is 0 Å². The topological polar surface area (TPSA) is 50.2 Å². The quantitative estimate of drug-likeness (QED) is 0.873. The number of carboxylic acids is 1. The highest BCUT2D eigenvalue weighted by molar-refractivity contribution is 7.14. The third kappa shape index (κ3) is 1.94. The molecule has 0 fully saturated rings. The van der Waals surface area contributed by atoms with Gasteiger partial charge in [0.2, 0.25) is 0 Å². The Hall–Kier alpha value is -1.75. The van der Waals surface area contributed by atoms with Crippen molar-refractivity contribution >= 4 is 17.3 Å². The summed E-state index contributed by atoms with van der Waals surface area (Å²) in [6.07, 6.45) is 0. The van der Waals surface area contributed by atoms with Crippen molar-refractivity contribution < 1.29 is 14.3 Å². The SMILES string of the molecule is Cc1nc(-c2ccc(F)cc2)c(C(=O)O)s1. The summed E-state index contributed by atoms with van der Waals surface area (Å²) in [7, 11) is 0. The smallest absolute Gasteiger partial charge is 0.348 e. The van der Waals surface area contributed by atoms with Crippen LogP contribution in [-0.2, 0) is 0 Å². The zero-order valence-electron chi connectivity index (χ0n) is 8.40. The monoisotopic (exact) mass is 237 g/mol. The van der Waals surface area contributed by atoms with E-state index in [1.165, 1.54) is 24.3 Å². The van der Waals surface area contributed by atoms with Crippen molar-refractivity contribution in [3.8, 4) is 11.3 Å². The summed E-state index contributed by atoms with van der Waals surface area (Å²) in [5.74, 6) is -1.36. The number of hydrogen-bond acceptors (Lipinski definition) is 3. The van der Waals surface area contributed by atoms with Gasteiger partial charge in [0, 0.05) is 5.56 Å². The van der Waals surface area contributed by atoms with E-state index in [1.54, 1.807) is 6.92 Å². The summed E-state index contributed by atoms with van der Waals surface area (Å²) in [4.78, 5) is 15.3. The maximum atomic E-state index is 12.7. The average Bonchev–Trinajstić information content (AvgIpc) is 2.61. The van der Waals surface area contributed by atoms with E-state index < -0.39 is 5.97 Å². The number of aromatic carboxylic acids is 1. The number of thiazole rings is 1. The van der Waals surface area contributed by atoms with Gasteiger partial charge in [-0.3, -0.25) is 0 Å². The number of hydrogen-bond donors (Lipinski definition) is 1. The zero-order valence-corrected chi connectivity index (χ0v) is 9.21. The second-order valence-electron chi connectivity index (χ2n) is 3.22. The first-order valence-corrected chi connectivity index (χ1v) is 5.36. The Kier molecular flexibility index (Phi) is 2.70. The van der Waals surface area contributed by atoms with Crippen molar-refractivity contribution in [1.29, 1.82) is 0 Å². The number of nitrogens with zero attached hydrogens (tertiary/aromatic N) is 1. The Morgan fingerprint density at radius 1 is 1.38 bits per heavy atom. The fourth-order valence-corrected chi connectivity index (χ4v) is 2.16. The van der Waals surface area contributed by atoms with E-state index >= 15 is 0 Å². The van der Waals surface area contributed by atoms with Gasteiger partial charge in [0.05, 0.1) is 10.7 Å². The predicted molar refractivity (Wildman–Crippen MR) is 59.2 cm³/mol. The number of aromatic nitrogens is 1. The molecule has 0 aliphatic carbocycles. The highest BCUT2D eigenvalue weighted by Crippen LogP contribution is 2.27. The van der Waals surface area contributed by atoms with E-state index in [0.717, 1.165) is 11.3 Å². The molecule has 1 aromatic heterocycles. The molecule has 82 valence electrons. The summed E-state index contributed by atoms with van der Waals surface area (Å²) < 4.78 is 12.7. The lowest BCUT2D eigenvalue weighted by Crippen LogP contribution is -1.95. The third-order valence-electron chi connectivity index (χ3n) is 2.05. The van der Waals surface area contributed by atoms with Gasteiger partial charge < -0.3 is 5.11 Å². The Morgan fingerprint density at radius 2 is 2.00 bits per heavy atom. The molecule has 5 heteroatoms. The lowest BCUT2D eigenvalue weighted by molar-refractivity contribution is 0.0702. The van der Waals surface area contributed by atoms with Gasteiger partial charge >= 0.3 is 5.97 Å². The fraction of sp³-hybridized carbons (Fsp3) is 0.0909. The summed E-state index contributed by atoms with van der Waals surface area (Å²) in [6.45, 7) is 1.74. The van der Waals surface area contributed by atoms with Crippen LogP contribution < -0.4 is 0 Å². The second kappa shape index (κ2) is 4.02. The molecule has 0 bridgehead atoms. The summed E-state index contributed by atoms with van der Waals surface area (Å²) in [6, 6.07) is 5.62. The summed E-state index contributed by atoms with van der Waals surface area (Å²) in [5, 5.41) is 9.67. The Balaban J connectivity index is 2.55. The van der Waals surface area contributed by atoms with E-state index in [-0.39, 0.29) is 10.7 Å². The molecule has 2 aromatic rings. The van der Waals surface area contributed by atoms with E-state index in [4.69, 9.17) is 5.11 Å². The van der Waals surface area contributed by atoms with Gasteiger partial charge in [-0.1, -0.05) is 0 Å². The van der Waals surface area contributed by atoms with Crippen LogP contribution >= 0.6 is 11.3 Å². The van der Waals surface area contributed by atoms with Crippen LogP contribution in [0.5, 0.6) is 0 Å². The van der Waals surface area contributed by atoms with E-state index in [9.17, 15) is 9.18 Å². The Morgan fingerprint density at radius 3 is 2.56 bits per heavy atom. The van der Waals surface area contributed by atoms with Crippen molar-refractivity contribution in [3.05, 3.63) is 40.0 Å². The standard InChI is InChI=1S/C11H8FNO2S/c1-6-13-9(10(16-6)11(14)15)7-2-4-8(12)5-3-7/h2-5H,1H3,(H,14,15). The molecule has 0 saturated carbocycles. The molecule has 0 saturated heterocycles. The lowest BCUT2D eigenvalue weighted by atomic mass is 10.1. The number of carbonyl (C=O) groups is 1. The fourth-order valence-electron chi connectivity index (χ4n) is 1.38. The number of halogens is 1. The molecular weight excluding hydrogens is 229 g/mol. The van der Waals surface area contributed by atoms with Crippen LogP contribution in [0.25, 0.3) is 11.3 Å². The molecule has 2 rings (SSSR count). The van der Waals surface area contributed by atoms with Crippen molar-refractivity contribution in [3.63, 3.8) is 0 Å². The number of carboxylic acid groups (broad SMARTS) is 1. The average molecular weight is 237 g/mol. The number of benzene rings is 1. The second-order valence-corrected chi connectivity index (χ2v) is 4.43. The maximum absolute atomic E-state index is 12.7. The summed E-state index contributed by atoms with van der Waals surface area (Å²) in [5.41, 5.74) is 1.01. The highest BCUT2D eigenvalue weighted by atomic mass is 32.1. The molecule has 16 heavy (non-hydrogen) atoms. The molecule has 1 N–H and O–H groups in total. The first-order valence-electron chi connectivity index (χ1n) is 4.54. The van der Waals surface area contributed by atoms with Crippen LogP contribution in [0.1, 0.15) is 14.7 Å². The van der Waals surface area contributed by atoms with Crippen molar-refractivity contribution in [2.24, 2.45) is 0 Å². The molecule has 3 nitrogen and oxygen atoms in total. The Bertz CT molecular complexity index is 533. The molecule has 1 aromatic carbocycles. The normalized spacial score (nSPS) is 10.4. The van der Waals surface area contributed by atoms with E-state index in [1.807, 2.05) is 0 Å². The molecule has 0 spiro atoms. The molecule has 0 amide bonds. The van der Waals surface area contributed by atoms with Crippen LogP contribution in [0, 0.1) is 12.7 Å². The zero-order chi connectivity index (χ0) is 11.7. The molecular formula is C11H8FNO2S. The molecule has 1 heterocycles. The predicted octanol–water partition coefficient (Wildman–Crippen LogP) is 2.96. The van der Waals surface area contributed by atoms with Crippen LogP contribution in [0.2, 0.25) is 0 Å². The van der Waals surface area contributed by atoms with Gasteiger partial charge in [-0.05, 0) is 31.2 Å². The minimum atomic E-state index is -1.01. The summed E-state index contributed by atoms with van der Waals surface area (Å²) >= 11 is 1.12. The minimum absolute atomic E-state index is 0.184. The third-order valence-corrected chi connectivity index (χ3v) is 3.00. The molecule has 0 radical (unpaired) electrons. The van der Waals surface area contributed by atoms with Crippen LogP contribution in [0.4, 0.5) is 4.39 Å². The lowest BCUT2D eigenvalue weighted by Gasteiger charge is -1.98. The van der Waals surface area contributed by atoms with E-state index in [2.05, 4.69) is 4.98 Å². The van der Waals surface area contributed by atoms with E-state index in [0.29, 0.717) is 16.3 Å². The largest absolute Gasteiger partial charge is 0.477 e. The first kappa shape index (κ1) is 10.8.